The number of anilines is 2. The summed E-state index contributed by atoms with van der Waals surface area (Å²) in [6.07, 6.45) is 0.727. The second kappa shape index (κ2) is 4.35. The van der Waals surface area contributed by atoms with E-state index in [0.717, 1.165) is 17.8 Å². The molecule has 0 fully saturated rings. The van der Waals surface area contributed by atoms with Crippen LogP contribution >= 0.6 is 0 Å². The first-order valence-corrected chi connectivity index (χ1v) is 6.94. The Labute approximate surface area is 122 Å². The molecule has 0 unspecified atom stereocenters. The summed E-state index contributed by atoms with van der Waals surface area (Å²) in [7, 11) is 0. The number of fused-ring (bicyclic) bond motifs is 2. The zero-order chi connectivity index (χ0) is 15.4. The minimum Gasteiger partial charge on any atom is -0.455 e. The van der Waals surface area contributed by atoms with Gasteiger partial charge in [-0.15, -0.1) is 0 Å². The SMILES string of the molecule is CCC1(C)c2oc(C(C)=O)cc2Nc2cc(C(C)=O)oc21. The molecule has 0 saturated heterocycles. The van der Waals surface area contributed by atoms with Gasteiger partial charge in [-0.05, 0) is 13.3 Å². The van der Waals surface area contributed by atoms with Gasteiger partial charge in [0.15, 0.2) is 23.1 Å². The molecule has 5 nitrogen and oxygen atoms in total. The summed E-state index contributed by atoms with van der Waals surface area (Å²) in [4.78, 5) is 23.1. The quantitative estimate of drug-likeness (QED) is 0.862. The van der Waals surface area contributed by atoms with Gasteiger partial charge >= 0.3 is 0 Å². The van der Waals surface area contributed by atoms with Gasteiger partial charge in [0.25, 0.3) is 0 Å². The van der Waals surface area contributed by atoms with Crippen LogP contribution in [-0.2, 0) is 5.41 Å². The largest absolute Gasteiger partial charge is 0.455 e. The molecule has 3 heterocycles. The highest BCUT2D eigenvalue weighted by Crippen LogP contribution is 2.49. The molecule has 0 amide bonds. The summed E-state index contributed by atoms with van der Waals surface area (Å²) in [6, 6.07) is 3.41. The van der Waals surface area contributed by atoms with Crippen molar-refractivity contribution in [2.24, 2.45) is 0 Å². The van der Waals surface area contributed by atoms with Gasteiger partial charge in [0.1, 0.15) is 11.5 Å². The highest BCUT2D eigenvalue weighted by Gasteiger charge is 2.43. The molecule has 1 N–H and O–H groups in total. The molecule has 0 bridgehead atoms. The summed E-state index contributed by atoms with van der Waals surface area (Å²) in [5.41, 5.74) is 1.01. The number of ketones is 2. The molecule has 3 rings (SSSR count). The molecular formula is C16H17NO4. The number of Topliss-reactive ketones (excluding diaryl/α,β-unsaturated/α-hetero) is 2. The van der Waals surface area contributed by atoms with Crippen LogP contribution in [-0.4, -0.2) is 11.6 Å². The Morgan fingerprint density at radius 1 is 1.05 bits per heavy atom. The van der Waals surface area contributed by atoms with E-state index in [1.165, 1.54) is 13.8 Å². The molecular weight excluding hydrogens is 270 g/mol. The van der Waals surface area contributed by atoms with Crippen molar-refractivity contribution in [3.8, 4) is 0 Å². The van der Waals surface area contributed by atoms with Gasteiger partial charge < -0.3 is 14.2 Å². The monoisotopic (exact) mass is 287 g/mol. The van der Waals surface area contributed by atoms with Gasteiger partial charge in [-0.1, -0.05) is 6.92 Å². The Bertz CT molecular complexity index is 692. The van der Waals surface area contributed by atoms with Crippen molar-refractivity contribution in [1.82, 2.24) is 0 Å². The Hall–Kier alpha value is -2.30. The third kappa shape index (κ3) is 1.84. The van der Waals surface area contributed by atoms with E-state index >= 15 is 0 Å². The van der Waals surface area contributed by atoms with Crippen molar-refractivity contribution in [1.29, 1.82) is 0 Å². The van der Waals surface area contributed by atoms with Crippen molar-refractivity contribution < 1.29 is 18.4 Å². The fourth-order valence-corrected chi connectivity index (χ4v) is 2.70. The van der Waals surface area contributed by atoms with E-state index in [0.29, 0.717) is 23.0 Å². The Kier molecular flexibility index (Phi) is 2.83. The van der Waals surface area contributed by atoms with Crippen LogP contribution in [0, 0.1) is 0 Å². The third-order valence-electron chi connectivity index (χ3n) is 4.14. The Balaban J connectivity index is 2.20. The molecule has 21 heavy (non-hydrogen) atoms. The molecule has 0 radical (unpaired) electrons. The van der Waals surface area contributed by atoms with E-state index in [4.69, 9.17) is 8.83 Å². The van der Waals surface area contributed by atoms with Crippen LogP contribution in [0.15, 0.2) is 21.0 Å². The van der Waals surface area contributed by atoms with Gasteiger partial charge in [-0.2, -0.15) is 0 Å². The molecule has 0 atom stereocenters. The number of carbonyl (C=O) groups is 2. The predicted molar refractivity (Wildman–Crippen MR) is 77.5 cm³/mol. The van der Waals surface area contributed by atoms with Gasteiger partial charge in [-0.3, -0.25) is 9.59 Å². The van der Waals surface area contributed by atoms with Crippen LogP contribution < -0.4 is 5.32 Å². The zero-order valence-electron chi connectivity index (χ0n) is 12.5. The molecule has 2 aromatic heterocycles. The van der Waals surface area contributed by atoms with E-state index < -0.39 is 5.41 Å². The lowest BCUT2D eigenvalue weighted by Gasteiger charge is -2.30. The second-order valence-corrected chi connectivity index (χ2v) is 5.63. The maximum Gasteiger partial charge on any atom is 0.195 e. The van der Waals surface area contributed by atoms with Crippen molar-refractivity contribution >= 4 is 22.9 Å². The topological polar surface area (TPSA) is 72.5 Å². The average Bonchev–Trinajstić information content (AvgIpc) is 3.03. The van der Waals surface area contributed by atoms with E-state index in [-0.39, 0.29) is 11.6 Å². The van der Waals surface area contributed by atoms with Gasteiger partial charge in [0.05, 0.1) is 16.8 Å². The molecule has 110 valence electrons. The normalized spacial score (nSPS) is 15.0. The van der Waals surface area contributed by atoms with Crippen LogP contribution in [0.3, 0.4) is 0 Å². The summed E-state index contributed by atoms with van der Waals surface area (Å²) < 4.78 is 11.5. The van der Waals surface area contributed by atoms with Crippen molar-refractivity contribution in [3.05, 3.63) is 35.2 Å². The highest BCUT2D eigenvalue weighted by atomic mass is 16.4. The predicted octanol–water partition coefficient (Wildman–Crippen LogP) is 4.05. The van der Waals surface area contributed by atoms with E-state index in [1.54, 1.807) is 12.1 Å². The van der Waals surface area contributed by atoms with Crippen molar-refractivity contribution in [2.45, 2.75) is 39.5 Å². The number of rotatable bonds is 3. The molecule has 0 aromatic carbocycles. The standard InChI is InChI=1S/C16H17NO4/c1-5-16(4)14-10(6-12(20-14)8(2)18)17-11-7-13(9(3)19)21-15(11)16/h6-7,17H,5H2,1-4H3. The number of hydrogen-bond donors (Lipinski definition) is 1. The smallest absolute Gasteiger partial charge is 0.195 e. The summed E-state index contributed by atoms with van der Waals surface area (Å²) >= 11 is 0. The van der Waals surface area contributed by atoms with Gasteiger partial charge in [-0.25, -0.2) is 0 Å². The minimum atomic E-state index is -0.503. The van der Waals surface area contributed by atoms with Crippen LogP contribution in [0.2, 0.25) is 0 Å². The van der Waals surface area contributed by atoms with Crippen molar-refractivity contribution in [2.75, 3.05) is 5.32 Å². The Morgan fingerprint density at radius 2 is 1.48 bits per heavy atom. The fraction of sp³-hybridized carbons (Fsp3) is 0.375. The zero-order valence-corrected chi connectivity index (χ0v) is 12.5. The average molecular weight is 287 g/mol. The second-order valence-electron chi connectivity index (χ2n) is 5.63. The lowest BCUT2D eigenvalue weighted by atomic mass is 9.79. The molecule has 0 saturated carbocycles. The van der Waals surface area contributed by atoms with Gasteiger partial charge in [0.2, 0.25) is 0 Å². The van der Waals surface area contributed by atoms with Crippen LogP contribution in [0.5, 0.6) is 0 Å². The Morgan fingerprint density at radius 3 is 1.81 bits per heavy atom. The third-order valence-corrected chi connectivity index (χ3v) is 4.14. The van der Waals surface area contributed by atoms with Gasteiger partial charge in [0, 0.05) is 26.0 Å². The molecule has 5 heteroatoms. The molecule has 0 spiro atoms. The fourth-order valence-electron chi connectivity index (χ4n) is 2.70. The molecule has 1 aliphatic rings. The molecule has 2 aromatic rings. The first-order valence-electron chi connectivity index (χ1n) is 6.94. The van der Waals surface area contributed by atoms with E-state index in [9.17, 15) is 9.59 Å². The first-order chi connectivity index (χ1) is 9.86. The number of hydrogen-bond acceptors (Lipinski definition) is 5. The highest BCUT2D eigenvalue weighted by molar-refractivity contribution is 5.95. The number of furan rings is 2. The number of carbonyl (C=O) groups excluding carboxylic acids is 2. The van der Waals surface area contributed by atoms with E-state index in [1.807, 2.05) is 13.8 Å². The minimum absolute atomic E-state index is 0.120. The molecule has 0 aliphatic carbocycles. The lowest BCUT2D eigenvalue weighted by Crippen LogP contribution is -2.26. The number of nitrogens with one attached hydrogen (secondary N) is 1. The van der Waals surface area contributed by atoms with E-state index in [2.05, 4.69) is 5.32 Å². The summed E-state index contributed by atoms with van der Waals surface area (Å²) in [5.74, 6) is 1.75. The maximum absolute atomic E-state index is 11.5. The van der Waals surface area contributed by atoms with Crippen LogP contribution in [0.25, 0.3) is 0 Å². The summed E-state index contributed by atoms with van der Waals surface area (Å²) in [6.45, 7) is 6.95. The van der Waals surface area contributed by atoms with Crippen LogP contribution in [0.4, 0.5) is 11.4 Å². The van der Waals surface area contributed by atoms with Crippen LogP contribution in [0.1, 0.15) is 66.7 Å². The van der Waals surface area contributed by atoms with Crippen molar-refractivity contribution in [3.63, 3.8) is 0 Å². The lowest BCUT2D eigenvalue weighted by molar-refractivity contribution is 0.0980. The summed E-state index contributed by atoms with van der Waals surface area (Å²) in [5, 5.41) is 3.19. The molecule has 1 aliphatic heterocycles. The first kappa shape index (κ1) is 13.7. The maximum atomic E-state index is 11.5.